The summed E-state index contributed by atoms with van der Waals surface area (Å²) in [5.41, 5.74) is 0. The number of amides is 1. The van der Waals surface area contributed by atoms with Gasteiger partial charge in [-0.05, 0) is 12.8 Å². The molecule has 0 radical (unpaired) electrons. The third kappa shape index (κ3) is 3.80. The Morgan fingerprint density at radius 2 is 2.26 bits per heavy atom. The lowest BCUT2D eigenvalue weighted by molar-refractivity contribution is -0.132. The van der Waals surface area contributed by atoms with Gasteiger partial charge in [0.05, 0.1) is 5.01 Å². The van der Waals surface area contributed by atoms with Crippen molar-refractivity contribution in [2.24, 2.45) is 0 Å². The van der Waals surface area contributed by atoms with E-state index in [4.69, 9.17) is 0 Å². The molecule has 1 unspecified atom stereocenters. The van der Waals surface area contributed by atoms with Gasteiger partial charge in [0.1, 0.15) is 5.82 Å². The summed E-state index contributed by atoms with van der Waals surface area (Å²) in [6, 6.07) is 0. The van der Waals surface area contributed by atoms with Gasteiger partial charge in [0.15, 0.2) is 0 Å². The lowest BCUT2D eigenvalue weighted by atomic mass is 9.98. The summed E-state index contributed by atoms with van der Waals surface area (Å²) < 4.78 is 2.10. The van der Waals surface area contributed by atoms with Crippen LogP contribution < -0.4 is 0 Å². The van der Waals surface area contributed by atoms with Gasteiger partial charge in [-0.1, -0.05) is 13.8 Å². The van der Waals surface area contributed by atoms with Crippen molar-refractivity contribution in [3.8, 4) is 0 Å². The van der Waals surface area contributed by atoms with Gasteiger partial charge in [-0.15, -0.1) is 11.3 Å². The molecular weight excluding hydrogens is 308 g/mol. The van der Waals surface area contributed by atoms with Crippen LogP contribution in [0.3, 0.4) is 0 Å². The highest BCUT2D eigenvalue weighted by atomic mass is 32.1. The number of carbonyl (C=O) groups is 1. The number of thiazole rings is 1. The van der Waals surface area contributed by atoms with Gasteiger partial charge >= 0.3 is 0 Å². The fraction of sp³-hybridized carbons (Fsp3) is 0.588. The topological polar surface area (TPSA) is 51.0 Å². The van der Waals surface area contributed by atoms with E-state index >= 15 is 0 Å². The Labute approximate surface area is 141 Å². The summed E-state index contributed by atoms with van der Waals surface area (Å²) in [6.45, 7) is 6.66. The van der Waals surface area contributed by atoms with Crippen LogP contribution in [-0.4, -0.2) is 38.4 Å². The normalized spacial score (nSPS) is 18.6. The van der Waals surface area contributed by atoms with Gasteiger partial charge in [-0.2, -0.15) is 0 Å². The lowest BCUT2D eigenvalue weighted by Crippen LogP contribution is -2.39. The quantitative estimate of drug-likeness (QED) is 0.844. The van der Waals surface area contributed by atoms with Crippen molar-refractivity contribution in [1.82, 2.24) is 19.4 Å². The van der Waals surface area contributed by atoms with Crippen LogP contribution in [0.1, 0.15) is 55.8 Å². The highest BCUT2D eigenvalue weighted by Gasteiger charge is 2.26. The van der Waals surface area contributed by atoms with Gasteiger partial charge in [0.2, 0.25) is 5.91 Å². The number of nitrogens with zero attached hydrogens (tertiary/aromatic N) is 4. The smallest absolute Gasteiger partial charge is 0.224 e. The number of aromatic nitrogens is 3. The van der Waals surface area contributed by atoms with Crippen molar-refractivity contribution >= 4 is 17.2 Å². The highest BCUT2D eigenvalue weighted by Crippen LogP contribution is 2.28. The second-order valence-corrected chi connectivity index (χ2v) is 7.36. The van der Waals surface area contributed by atoms with E-state index < -0.39 is 0 Å². The summed E-state index contributed by atoms with van der Waals surface area (Å²) in [5.74, 6) is 2.09. The van der Waals surface area contributed by atoms with Crippen LogP contribution in [0.25, 0.3) is 0 Å². The molecule has 0 bridgehead atoms. The number of likely N-dealkylation sites (tertiary alicyclic amines) is 1. The number of hydrogen-bond acceptors (Lipinski definition) is 4. The summed E-state index contributed by atoms with van der Waals surface area (Å²) in [7, 11) is 0. The van der Waals surface area contributed by atoms with Crippen LogP contribution in [0.15, 0.2) is 24.0 Å². The van der Waals surface area contributed by atoms with E-state index in [1.54, 1.807) is 11.3 Å². The predicted octanol–water partition coefficient (Wildman–Crippen LogP) is 3.26. The summed E-state index contributed by atoms with van der Waals surface area (Å²) in [5, 5.41) is 3.18. The van der Waals surface area contributed by atoms with Crippen molar-refractivity contribution in [3.05, 3.63) is 34.8 Å². The predicted molar refractivity (Wildman–Crippen MR) is 91.6 cm³/mol. The maximum atomic E-state index is 12.6. The second kappa shape index (κ2) is 7.25. The van der Waals surface area contributed by atoms with Gasteiger partial charge in [-0.3, -0.25) is 4.79 Å². The average molecular weight is 332 g/mol. The molecular formula is C17H24N4OS. The Hall–Kier alpha value is -1.69. The molecule has 124 valence electrons. The lowest BCUT2D eigenvalue weighted by Gasteiger charge is -2.32. The number of carbonyl (C=O) groups excluding carboxylic acids is 1. The zero-order valence-corrected chi connectivity index (χ0v) is 14.6. The van der Waals surface area contributed by atoms with E-state index in [2.05, 4.69) is 28.4 Å². The van der Waals surface area contributed by atoms with Gasteiger partial charge < -0.3 is 9.47 Å². The number of imidazole rings is 1. The standard InChI is InChI=1S/C17H24N4OS/c1-13(2)16-18-6-10-20(16)9-5-15(22)21-8-3-4-14(12-21)17-19-7-11-23-17/h6-7,10-11,13-14H,3-5,8-9,12H2,1-2H3. The van der Waals surface area contributed by atoms with Crippen molar-refractivity contribution in [1.29, 1.82) is 0 Å². The van der Waals surface area contributed by atoms with Crippen LogP contribution in [0.5, 0.6) is 0 Å². The minimum Gasteiger partial charge on any atom is -0.342 e. The maximum absolute atomic E-state index is 12.6. The summed E-state index contributed by atoms with van der Waals surface area (Å²) in [4.78, 5) is 23.4. The van der Waals surface area contributed by atoms with E-state index in [0.717, 1.165) is 31.8 Å². The molecule has 0 N–H and O–H groups in total. The summed E-state index contributed by atoms with van der Waals surface area (Å²) >= 11 is 1.70. The van der Waals surface area contributed by atoms with E-state index in [-0.39, 0.29) is 5.91 Å². The van der Waals surface area contributed by atoms with Crippen LogP contribution in [0, 0.1) is 0 Å². The fourth-order valence-corrected chi connectivity index (χ4v) is 3.99. The van der Waals surface area contributed by atoms with E-state index in [1.165, 1.54) is 5.01 Å². The van der Waals surface area contributed by atoms with Gasteiger partial charge in [0.25, 0.3) is 0 Å². The molecule has 0 spiro atoms. The van der Waals surface area contributed by atoms with Crippen molar-refractivity contribution in [2.45, 2.75) is 51.5 Å². The molecule has 5 nitrogen and oxygen atoms in total. The van der Waals surface area contributed by atoms with Crippen LogP contribution in [-0.2, 0) is 11.3 Å². The molecule has 0 saturated carbocycles. The molecule has 3 rings (SSSR count). The first kappa shape index (κ1) is 16.2. The summed E-state index contributed by atoms with van der Waals surface area (Å²) in [6.07, 6.45) is 8.39. The SMILES string of the molecule is CC(C)c1nccn1CCC(=O)N1CCCC(c2nccs2)C1. The maximum Gasteiger partial charge on any atom is 0.224 e. The largest absolute Gasteiger partial charge is 0.342 e. The van der Waals surface area contributed by atoms with Crippen molar-refractivity contribution < 1.29 is 4.79 Å². The van der Waals surface area contributed by atoms with Crippen molar-refractivity contribution in [3.63, 3.8) is 0 Å². The molecule has 1 atom stereocenters. The fourth-order valence-electron chi connectivity index (χ4n) is 3.23. The zero-order valence-electron chi connectivity index (χ0n) is 13.8. The average Bonchev–Trinajstić information content (AvgIpc) is 3.24. The molecule has 23 heavy (non-hydrogen) atoms. The number of aryl methyl sites for hydroxylation is 1. The third-order valence-corrected chi connectivity index (χ3v) is 5.34. The molecule has 1 saturated heterocycles. The molecule has 1 aliphatic rings. The second-order valence-electron chi connectivity index (χ2n) is 6.43. The molecule has 1 amide bonds. The van der Waals surface area contributed by atoms with Gasteiger partial charge in [0, 0.05) is 61.9 Å². The number of rotatable bonds is 5. The Bertz CT molecular complexity index is 635. The Morgan fingerprint density at radius 3 is 3.00 bits per heavy atom. The highest BCUT2D eigenvalue weighted by molar-refractivity contribution is 7.09. The Kier molecular flexibility index (Phi) is 5.10. The van der Waals surface area contributed by atoms with Crippen LogP contribution in [0.4, 0.5) is 0 Å². The van der Waals surface area contributed by atoms with Crippen LogP contribution >= 0.6 is 11.3 Å². The molecule has 1 aliphatic heterocycles. The monoisotopic (exact) mass is 332 g/mol. The Morgan fingerprint density at radius 1 is 1.39 bits per heavy atom. The minimum absolute atomic E-state index is 0.245. The first-order valence-corrected chi connectivity index (χ1v) is 9.21. The minimum atomic E-state index is 0.245. The Balaban J connectivity index is 1.56. The first-order chi connectivity index (χ1) is 11.1. The molecule has 2 aromatic heterocycles. The molecule has 1 fully saturated rings. The molecule has 6 heteroatoms. The number of piperidine rings is 1. The number of hydrogen-bond donors (Lipinski definition) is 0. The van der Waals surface area contributed by atoms with E-state index in [1.807, 2.05) is 28.9 Å². The van der Waals surface area contributed by atoms with Gasteiger partial charge in [-0.25, -0.2) is 9.97 Å². The molecule has 2 aromatic rings. The van der Waals surface area contributed by atoms with E-state index in [0.29, 0.717) is 24.8 Å². The zero-order chi connectivity index (χ0) is 16.2. The molecule has 0 aromatic carbocycles. The molecule has 0 aliphatic carbocycles. The van der Waals surface area contributed by atoms with Crippen molar-refractivity contribution in [2.75, 3.05) is 13.1 Å². The molecule has 3 heterocycles. The first-order valence-electron chi connectivity index (χ1n) is 8.33. The third-order valence-electron chi connectivity index (χ3n) is 4.41. The van der Waals surface area contributed by atoms with Crippen LogP contribution in [0.2, 0.25) is 0 Å². The van der Waals surface area contributed by atoms with E-state index in [9.17, 15) is 4.79 Å².